The van der Waals surface area contributed by atoms with Crippen LogP contribution in [0.5, 0.6) is 5.75 Å². The lowest BCUT2D eigenvalue weighted by atomic mass is 10.2. The van der Waals surface area contributed by atoms with Crippen molar-refractivity contribution in [2.45, 2.75) is 12.3 Å². The number of thiazole rings is 1. The highest BCUT2D eigenvalue weighted by Gasteiger charge is 2.30. The average Bonchev–Trinajstić information content (AvgIpc) is 3.34. The van der Waals surface area contributed by atoms with Crippen LogP contribution in [0.25, 0.3) is 10.6 Å². The molecule has 1 aromatic carbocycles. The van der Waals surface area contributed by atoms with Crippen LogP contribution < -0.4 is 4.74 Å². The van der Waals surface area contributed by atoms with Crippen LogP contribution >= 0.6 is 11.3 Å². The number of rotatable bonds is 7. The van der Waals surface area contributed by atoms with Gasteiger partial charge < -0.3 is 14.7 Å². The SMILES string of the molecule is CN(C[C@@H](O)COc1ccc(C(F)(F)F)cc1)C(=O)c1csc(-c2cnn(C)c2)n1. The fourth-order valence-electron chi connectivity index (χ4n) is 2.62. The number of carbonyl (C=O) groups is 1. The van der Waals surface area contributed by atoms with E-state index in [2.05, 4.69) is 10.1 Å². The van der Waals surface area contributed by atoms with E-state index in [1.165, 1.54) is 35.4 Å². The summed E-state index contributed by atoms with van der Waals surface area (Å²) < 4.78 is 44.6. The maximum absolute atomic E-state index is 12.6. The molecular weight excluding hydrogens is 421 g/mol. The Morgan fingerprint density at radius 1 is 1.33 bits per heavy atom. The number of aliphatic hydroxyl groups excluding tert-OH is 1. The molecule has 0 saturated carbocycles. The highest BCUT2D eigenvalue weighted by molar-refractivity contribution is 7.13. The molecule has 160 valence electrons. The fourth-order valence-corrected chi connectivity index (χ4v) is 3.39. The van der Waals surface area contributed by atoms with Gasteiger partial charge in [-0.05, 0) is 24.3 Å². The zero-order valence-electron chi connectivity index (χ0n) is 16.1. The molecule has 2 aromatic heterocycles. The summed E-state index contributed by atoms with van der Waals surface area (Å²) in [6, 6.07) is 4.16. The lowest BCUT2D eigenvalue weighted by Crippen LogP contribution is -2.37. The van der Waals surface area contributed by atoms with Gasteiger partial charge in [-0.25, -0.2) is 4.98 Å². The minimum absolute atomic E-state index is 0.0286. The minimum atomic E-state index is -4.42. The number of aliphatic hydroxyl groups is 1. The molecule has 11 heteroatoms. The van der Waals surface area contributed by atoms with Crippen molar-refractivity contribution in [1.82, 2.24) is 19.7 Å². The summed E-state index contributed by atoms with van der Waals surface area (Å²) in [5, 5.41) is 16.5. The molecule has 0 aliphatic heterocycles. The van der Waals surface area contributed by atoms with Gasteiger partial charge in [0.25, 0.3) is 5.91 Å². The second kappa shape index (κ2) is 8.84. The number of likely N-dealkylation sites (N-methyl/N-ethyl adjacent to an activating group) is 1. The third kappa shape index (κ3) is 5.36. The molecule has 0 aliphatic rings. The molecule has 0 aliphatic carbocycles. The van der Waals surface area contributed by atoms with Gasteiger partial charge in [0, 0.05) is 37.8 Å². The largest absolute Gasteiger partial charge is 0.491 e. The van der Waals surface area contributed by atoms with Crippen LogP contribution in [0.1, 0.15) is 16.1 Å². The first-order valence-corrected chi connectivity index (χ1v) is 9.69. The van der Waals surface area contributed by atoms with Crippen LogP contribution in [0.15, 0.2) is 42.0 Å². The van der Waals surface area contributed by atoms with Crippen molar-refractivity contribution in [2.24, 2.45) is 7.05 Å². The first-order valence-electron chi connectivity index (χ1n) is 8.81. The maximum atomic E-state index is 12.6. The van der Waals surface area contributed by atoms with E-state index in [0.717, 1.165) is 17.7 Å². The lowest BCUT2D eigenvalue weighted by Gasteiger charge is -2.20. The van der Waals surface area contributed by atoms with Crippen molar-refractivity contribution < 1.29 is 27.8 Å². The Morgan fingerprint density at radius 3 is 2.63 bits per heavy atom. The molecule has 0 saturated heterocycles. The number of aryl methyl sites for hydroxylation is 1. The van der Waals surface area contributed by atoms with E-state index >= 15 is 0 Å². The third-order valence-corrected chi connectivity index (χ3v) is 5.02. The van der Waals surface area contributed by atoms with E-state index in [4.69, 9.17) is 4.74 Å². The topological polar surface area (TPSA) is 80.5 Å². The summed E-state index contributed by atoms with van der Waals surface area (Å²) in [5.41, 5.74) is 0.265. The standard InChI is InChI=1S/C19H19F3N4O3S/c1-25(18(28)16-11-30-17(24-16)12-7-23-26(2)8-12)9-14(27)10-29-15-5-3-13(4-6-15)19(20,21)22/h3-8,11,14,27H,9-10H2,1-2H3/t14-/m1/s1. The van der Waals surface area contributed by atoms with E-state index in [0.29, 0.717) is 5.01 Å². The molecular formula is C19H19F3N4O3S. The van der Waals surface area contributed by atoms with Gasteiger partial charge in [0.1, 0.15) is 29.2 Å². The number of hydrogen-bond donors (Lipinski definition) is 1. The van der Waals surface area contributed by atoms with Crippen molar-refractivity contribution in [3.8, 4) is 16.3 Å². The number of halogens is 3. The van der Waals surface area contributed by atoms with Crippen LogP contribution in [0, 0.1) is 0 Å². The van der Waals surface area contributed by atoms with Crippen molar-refractivity contribution in [2.75, 3.05) is 20.2 Å². The Morgan fingerprint density at radius 2 is 2.03 bits per heavy atom. The molecule has 0 bridgehead atoms. The number of alkyl halides is 3. The Kier molecular flexibility index (Phi) is 6.42. The molecule has 0 fully saturated rings. The zero-order valence-corrected chi connectivity index (χ0v) is 16.9. The normalized spacial score (nSPS) is 12.6. The number of hydrogen-bond acceptors (Lipinski definition) is 6. The van der Waals surface area contributed by atoms with Crippen molar-refractivity contribution in [3.63, 3.8) is 0 Å². The van der Waals surface area contributed by atoms with Gasteiger partial charge in [-0.2, -0.15) is 18.3 Å². The molecule has 30 heavy (non-hydrogen) atoms. The van der Waals surface area contributed by atoms with E-state index in [9.17, 15) is 23.1 Å². The van der Waals surface area contributed by atoms with E-state index < -0.39 is 17.8 Å². The van der Waals surface area contributed by atoms with Gasteiger partial charge in [0.15, 0.2) is 0 Å². The Labute approximate surface area is 174 Å². The second-order valence-corrected chi connectivity index (χ2v) is 7.47. The van der Waals surface area contributed by atoms with Gasteiger partial charge in [-0.1, -0.05) is 0 Å². The quantitative estimate of drug-likeness (QED) is 0.611. The second-order valence-electron chi connectivity index (χ2n) is 6.61. The summed E-state index contributed by atoms with van der Waals surface area (Å²) >= 11 is 1.31. The molecule has 0 spiro atoms. The van der Waals surface area contributed by atoms with Crippen molar-refractivity contribution in [3.05, 3.63) is 53.3 Å². The molecule has 1 amide bonds. The van der Waals surface area contributed by atoms with Gasteiger partial charge >= 0.3 is 6.18 Å². The molecule has 3 rings (SSSR count). The fraction of sp³-hybridized carbons (Fsp3) is 0.316. The van der Waals surface area contributed by atoms with Gasteiger partial charge in [-0.3, -0.25) is 9.48 Å². The first-order chi connectivity index (χ1) is 14.1. The predicted molar refractivity (Wildman–Crippen MR) is 104 cm³/mol. The minimum Gasteiger partial charge on any atom is -0.491 e. The summed E-state index contributed by atoms with van der Waals surface area (Å²) in [7, 11) is 3.30. The van der Waals surface area contributed by atoms with Gasteiger partial charge in [0.2, 0.25) is 0 Å². The number of amides is 1. The smallest absolute Gasteiger partial charge is 0.416 e. The summed E-state index contributed by atoms with van der Waals surface area (Å²) in [6.07, 6.45) is -2.01. The number of aromatic nitrogens is 3. The number of benzene rings is 1. The summed E-state index contributed by atoms with van der Waals surface area (Å²) in [4.78, 5) is 18.1. The highest BCUT2D eigenvalue weighted by Crippen LogP contribution is 2.30. The van der Waals surface area contributed by atoms with Crippen LogP contribution in [0.4, 0.5) is 13.2 Å². The Hall–Kier alpha value is -2.92. The van der Waals surface area contributed by atoms with Crippen LogP contribution in [0.3, 0.4) is 0 Å². The zero-order chi connectivity index (χ0) is 21.9. The average molecular weight is 440 g/mol. The first kappa shape index (κ1) is 21.8. The van der Waals surface area contributed by atoms with Crippen LogP contribution in [0.2, 0.25) is 0 Å². The van der Waals surface area contributed by atoms with E-state index in [1.807, 2.05) is 0 Å². The van der Waals surface area contributed by atoms with Gasteiger partial charge in [0.05, 0.1) is 11.8 Å². The molecule has 0 radical (unpaired) electrons. The third-order valence-electron chi connectivity index (χ3n) is 4.13. The number of nitrogens with zero attached hydrogens (tertiary/aromatic N) is 4. The monoisotopic (exact) mass is 440 g/mol. The highest BCUT2D eigenvalue weighted by atomic mass is 32.1. The molecule has 2 heterocycles. The Balaban J connectivity index is 1.52. The predicted octanol–water partition coefficient (Wildman–Crippen LogP) is 3.07. The molecule has 0 unspecified atom stereocenters. The van der Waals surface area contributed by atoms with Crippen LogP contribution in [-0.4, -0.2) is 57.0 Å². The summed E-state index contributed by atoms with van der Waals surface area (Å²) in [6.45, 7) is -0.208. The van der Waals surface area contributed by atoms with Crippen LogP contribution in [-0.2, 0) is 13.2 Å². The number of carbonyl (C=O) groups excluding carboxylic acids is 1. The molecule has 1 N–H and O–H groups in total. The van der Waals surface area contributed by atoms with Crippen molar-refractivity contribution >= 4 is 17.2 Å². The van der Waals surface area contributed by atoms with E-state index in [-0.39, 0.29) is 30.5 Å². The number of ether oxygens (including phenoxy) is 1. The maximum Gasteiger partial charge on any atom is 0.416 e. The molecule has 1 atom stereocenters. The Bertz CT molecular complexity index is 1000. The van der Waals surface area contributed by atoms with E-state index in [1.54, 1.807) is 29.5 Å². The molecule has 7 nitrogen and oxygen atoms in total. The summed E-state index contributed by atoms with van der Waals surface area (Å²) in [5.74, 6) is -0.174. The van der Waals surface area contributed by atoms with Crippen molar-refractivity contribution in [1.29, 1.82) is 0 Å². The molecule has 3 aromatic rings. The lowest BCUT2D eigenvalue weighted by molar-refractivity contribution is -0.137. The van der Waals surface area contributed by atoms with Gasteiger partial charge in [-0.15, -0.1) is 11.3 Å².